The number of ether oxygens (including phenoxy) is 1. The molecule has 0 aromatic carbocycles. The van der Waals surface area contributed by atoms with Crippen molar-refractivity contribution in [3.8, 4) is 11.8 Å². The van der Waals surface area contributed by atoms with Gasteiger partial charge in [-0.05, 0) is 25.3 Å². The van der Waals surface area contributed by atoms with E-state index in [1.165, 1.54) is 51.9 Å². The highest BCUT2D eigenvalue weighted by Gasteiger charge is 1.94. The molecule has 0 aliphatic carbocycles. The van der Waals surface area contributed by atoms with E-state index >= 15 is 0 Å². The largest absolute Gasteiger partial charge is 0.466 e. The van der Waals surface area contributed by atoms with Crippen molar-refractivity contribution in [2.75, 3.05) is 6.61 Å². The van der Waals surface area contributed by atoms with Gasteiger partial charge in [0.2, 0.25) is 0 Å². The van der Waals surface area contributed by atoms with Crippen molar-refractivity contribution in [2.24, 2.45) is 0 Å². The maximum Gasteiger partial charge on any atom is 0.302 e. The van der Waals surface area contributed by atoms with E-state index in [1.807, 2.05) is 6.08 Å². The van der Waals surface area contributed by atoms with Gasteiger partial charge in [0.25, 0.3) is 0 Å². The van der Waals surface area contributed by atoms with Crippen LogP contribution in [0.2, 0.25) is 0 Å². The normalized spacial score (nSPS) is 10.3. The van der Waals surface area contributed by atoms with Crippen LogP contribution in [0.3, 0.4) is 0 Å². The molecule has 0 fully saturated rings. The number of rotatable bonds is 11. The Morgan fingerprint density at radius 3 is 2.20 bits per heavy atom. The molecule has 0 atom stereocenters. The number of unbranched alkanes of at least 4 members (excludes halogenated alkanes) is 8. The maximum absolute atomic E-state index is 10.5. The molecule has 0 aromatic heterocycles. The number of hydrogen-bond acceptors (Lipinski definition) is 2. The minimum Gasteiger partial charge on any atom is -0.466 e. The van der Waals surface area contributed by atoms with Gasteiger partial charge in [0.15, 0.2) is 0 Å². The van der Waals surface area contributed by atoms with Gasteiger partial charge in [-0.25, -0.2) is 0 Å². The highest BCUT2D eigenvalue weighted by molar-refractivity contribution is 5.65. The monoisotopic (exact) mass is 278 g/mol. The van der Waals surface area contributed by atoms with Crippen LogP contribution in [-0.4, -0.2) is 12.6 Å². The molecular weight excluding hydrogens is 248 g/mol. The van der Waals surface area contributed by atoms with E-state index < -0.39 is 0 Å². The predicted octanol–water partition coefficient (Wildman–Crippen LogP) is 5.03. The smallest absolute Gasteiger partial charge is 0.302 e. The summed E-state index contributed by atoms with van der Waals surface area (Å²) in [7, 11) is 0. The van der Waals surface area contributed by atoms with Crippen molar-refractivity contribution in [3.05, 3.63) is 12.2 Å². The topological polar surface area (TPSA) is 26.3 Å². The first kappa shape index (κ1) is 18.8. The zero-order chi connectivity index (χ0) is 14.9. The third-order valence-corrected chi connectivity index (χ3v) is 3.04. The lowest BCUT2D eigenvalue weighted by molar-refractivity contribution is -0.141. The van der Waals surface area contributed by atoms with Gasteiger partial charge in [0, 0.05) is 13.3 Å². The second-order valence-electron chi connectivity index (χ2n) is 5.05. The third-order valence-electron chi connectivity index (χ3n) is 3.04. The Hall–Kier alpha value is -1.23. The quantitative estimate of drug-likeness (QED) is 0.301. The summed E-state index contributed by atoms with van der Waals surface area (Å²) in [6, 6.07) is 0. The Morgan fingerprint density at radius 1 is 1.00 bits per heavy atom. The first-order chi connectivity index (χ1) is 9.77. The SMILES string of the molecule is CC/C=C/C#CCCCCCCCCCCOC(C)=O. The molecule has 0 saturated heterocycles. The molecule has 114 valence electrons. The van der Waals surface area contributed by atoms with Crippen LogP contribution in [0, 0.1) is 11.8 Å². The molecule has 0 aliphatic heterocycles. The molecular formula is C18H30O2. The molecule has 0 bridgehead atoms. The van der Waals surface area contributed by atoms with E-state index in [2.05, 4.69) is 24.8 Å². The van der Waals surface area contributed by atoms with Gasteiger partial charge in [0.05, 0.1) is 6.61 Å². The maximum atomic E-state index is 10.5. The number of carbonyl (C=O) groups is 1. The molecule has 0 amide bonds. The standard InChI is InChI=1S/C18H30O2/c1-3-4-5-6-7-8-9-10-11-12-13-14-15-16-17-20-18(2)19/h4-5H,3,8-17H2,1-2H3/b5-4+. The minimum atomic E-state index is -0.168. The molecule has 2 nitrogen and oxygen atoms in total. The summed E-state index contributed by atoms with van der Waals surface area (Å²) in [6.45, 7) is 4.17. The second kappa shape index (κ2) is 15.8. The lowest BCUT2D eigenvalue weighted by Crippen LogP contribution is -2.00. The van der Waals surface area contributed by atoms with Gasteiger partial charge in [-0.15, -0.1) is 0 Å². The molecule has 0 saturated carbocycles. The van der Waals surface area contributed by atoms with Crippen molar-refractivity contribution in [1.29, 1.82) is 0 Å². The van der Waals surface area contributed by atoms with Crippen LogP contribution in [0.1, 0.15) is 78.1 Å². The molecule has 2 heteroatoms. The number of allylic oxidation sites excluding steroid dienone is 2. The zero-order valence-corrected chi connectivity index (χ0v) is 13.2. The van der Waals surface area contributed by atoms with E-state index in [0.717, 1.165) is 19.3 Å². The van der Waals surface area contributed by atoms with Gasteiger partial charge < -0.3 is 4.74 Å². The summed E-state index contributed by atoms with van der Waals surface area (Å²) in [6.07, 6.45) is 16.0. The van der Waals surface area contributed by atoms with Crippen molar-refractivity contribution in [3.63, 3.8) is 0 Å². The van der Waals surface area contributed by atoms with Crippen molar-refractivity contribution in [2.45, 2.75) is 78.1 Å². The highest BCUT2D eigenvalue weighted by atomic mass is 16.5. The molecule has 0 aromatic rings. The van der Waals surface area contributed by atoms with Crippen molar-refractivity contribution < 1.29 is 9.53 Å². The molecule has 0 spiro atoms. The summed E-state index contributed by atoms with van der Waals surface area (Å²) in [4.78, 5) is 10.5. The summed E-state index contributed by atoms with van der Waals surface area (Å²) in [5.41, 5.74) is 0. The van der Waals surface area contributed by atoms with Gasteiger partial charge in [-0.3, -0.25) is 4.79 Å². The van der Waals surface area contributed by atoms with Crippen LogP contribution < -0.4 is 0 Å². The average Bonchev–Trinajstić information content (AvgIpc) is 2.43. The van der Waals surface area contributed by atoms with E-state index in [1.54, 1.807) is 0 Å². The van der Waals surface area contributed by atoms with Crippen LogP contribution in [0.4, 0.5) is 0 Å². The second-order valence-corrected chi connectivity index (χ2v) is 5.05. The Kier molecular flexibility index (Phi) is 14.9. The van der Waals surface area contributed by atoms with E-state index in [-0.39, 0.29) is 5.97 Å². The minimum absolute atomic E-state index is 0.168. The van der Waals surface area contributed by atoms with Crippen LogP contribution in [0.15, 0.2) is 12.2 Å². The Labute approximate surface area is 125 Å². The molecule has 0 radical (unpaired) electrons. The molecule has 0 aliphatic rings. The molecule has 0 rings (SSSR count). The lowest BCUT2D eigenvalue weighted by atomic mass is 10.1. The molecule has 20 heavy (non-hydrogen) atoms. The summed E-state index contributed by atoms with van der Waals surface area (Å²) in [5.74, 6) is 6.07. The Bertz CT molecular complexity index is 307. The molecule has 0 heterocycles. The van der Waals surface area contributed by atoms with Crippen LogP contribution in [0.25, 0.3) is 0 Å². The fourth-order valence-corrected chi connectivity index (χ4v) is 1.90. The first-order valence-corrected chi connectivity index (χ1v) is 8.04. The average molecular weight is 278 g/mol. The van der Waals surface area contributed by atoms with Gasteiger partial charge in [-0.2, -0.15) is 0 Å². The fraction of sp³-hybridized carbons (Fsp3) is 0.722. The van der Waals surface area contributed by atoms with Crippen LogP contribution in [-0.2, 0) is 9.53 Å². The van der Waals surface area contributed by atoms with Gasteiger partial charge in [-0.1, -0.05) is 63.4 Å². The molecule has 0 unspecified atom stereocenters. The van der Waals surface area contributed by atoms with Gasteiger partial charge in [0.1, 0.15) is 0 Å². The van der Waals surface area contributed by atoms with Crippen LogP contribution in [0.5, 0.6) is 0 Å². The van der Waals surface area contributed by atoms with Crippen molar-refractivity contribution in [1.82, 2.24) is 0 Å². The number of carbonyl (C=O) groups excluding carboxylic acids is 1. The van der Waals surface area contributed by atoms with Crippen LogP contribution >= 0.6 is 0 Å². The number of hydrogen-bond donors (Lipinski definition) is 0. The summed E-state index contributed by atoms with van der Waals surface area (Å²) in [5, 5.41) is 0. The van der Waals surface area contributed by atoms with E-state index in [4.69, 9.17) is 4.74 Å². The molecule has 0 N–H and O–H groups in total. The lowest BCUT2D eigenvalue weighted by Gasteiger charge is -2.02. The third kappa shape index (κ3) is 16.8. The van der Waals surface area contributed by atoms with Crippen molar-refractivity contribution >= 4 is 5.97 Å². The van der Waals surface area contributed by atoms with E-state index in [0.29, 0.717) is 6.61 Å². The number of esters is 1. The summed E-state index contributed by atoms with van der Waals surface area (Å²) >= 11 is 0. The van der Waals surface area contributed by atoms with E-state index in [9.17, 15) is 4.79 Å². The highest BCUT2D eigenvalue weighted by Crippen LogP contribution is 2.09. The zero-order valence-electron chi connectivity index (χ0n) is 13.2. The summed E-state index contributed by atoms with van der Waals surface area (Å²) < 4.78 is 4.89. The Balaban J connectivity index is 3.11. The Morgan fingerprint density at radius 2 is 1.60 bits per heavy atom. The predicted molar refractivity (Wildman–Crippen MR) is 85.4 cm³/mol. The fourth-order valence-electron chi connectivity index (χ4n) is 1.90. The first-order valence-electron chi connectivity index (χ1n) is 8.04. The van der Waals surface area contributed by atoms with Gasteiger partial charge >= 0.3 is 5.97 Å².